The number of sulfonamides is 1. The molecule has 25 heavy (non-hydrogen) atoms. The lowest BCUT2D eigenvalue weighted by molar-refractivity contribution is 0.100. The SMILES string of the molecule is CS(=O)(=O)Nc1cccc(-c2ccc(-c3sccc3C(N)=O)cc2)c1. The lowest BCUT2D eigenvalue weighted by atomic mass is 10.0. The molecule has 0 unspecified atom stereocenters. The first-order valence-corrected chi connectivity index (χ1v) is 10.2. The van der Waals surface area contributed by atoms with Crippen molar-refractivity contribution in [2.75, 3.05) is 11.0 Å². The molecule has 0 saturated heterocycles. The van der Waals surface area contributed by atoms with Gasteiger partial charge in [-0.15, -0.1) is 11.3 Å². The Morgan fingerprint density at radius 2 is 1.68 bits per heavy atom. The normalized spacial score (nSPS) is 11.2. The quantitative estimate of drug-likeness (QED) is 0.718. The van der Waals surface area contributed by atoms with Gasteiger partial charge in [-0.25, -0.2) is 8.42 Å². The Kier molecular flexibility index (Phi) is 4.61. The van der Waals surface area contributed by atoms with Crippen LogP contribution in [0.4, 0.5) is 5.69 Å². The van der Waals surface area contributed by atoms with Crippen LogP contribution in [0.5, 0.6) is 0 Å². The molecule has 0 aliphatic heterocycles. The second-order valence-electron chi connectivity index (χ2n) is 5.56. The van der Waals surface area contributed by atoms with Crippen molar-refractivity contribution in [3.8, 4) is 21.6 Å². The number of amides is 1. The van der Waals surface area contributed by atoms with E-state index in [0.29, 0.717) is 11.3 Å². The van der Waals surface area contributed by atoms with Crippen molar-refractivity contribution >= 4 is 33.0 Å². The lowest BCUT2D eigenvalue weighted by Crippen LogP contribution is -2.10. The fraction of sp³-hybridized carbons (Fsp3) is 0.0556. The molecule has 1 aromatic heterocycles. The number of benzene rings is 2. The van der Waals surface area contributed by atoms with Crippen LogP contribution in [0.3, 0.4) is 0 Å². The molecular weight excluding hydrogens is 356 g/mol. The molecule has 0 spiro atoms. The Morgan fingerprint density at radius 1 is 1.00 bits per heavy atom. The van der Waals surface area contributed by atoms with E-state index in [1.807, 2.05) is 35.7 Å². The first-order chi connectivity index (χ1) is 11.8. The molecular formula is C18H16N2O3S2. The summed E-state index contributed by atoms with van der Waals surface area (Å²) in [6, 6.07) is 16.6. The van der Waals surface area contributed by atoms with Crippen LogP contribution in [-0.2, 0) is 10.0 Å². The van der Waals surface area contributed by atoms with Crippen molar-refractivity contribution in [2.24, 2.45) is 5.73 Å². The first-order valence-electron chi connectivity index (χ1n) is 7.39. The first kappa shape index (κ1) is 17.2. The molecule has 5 nitrogen and oxygen atoms in total. The molecule has 0 saturated carbocycles. The molecule has 128 valence electrons. The molecule has 0 aliphatic rings. The summed E-state index contributed by atoms with van der Waals surface area (Å²) in [6.45, 7) is 0. The van der Waals surface area contributed by atoms with Gasteiger partial charge in [-0.3, -0.25) is 9.52 Å². The van der Waals surface area contributed by atoms with Crippen LogP contribution in [0, 0.1) is 0 Å². The maximum Gasteiger partial charge on any atom is 0.250 e. The predicted molar refractivity (Wildman–Crippen MR) is 102 cm³/mol. The second-order valence-corrected chi connectivity index (χ2v) is 8.22. The number of anilines is 1. The molecule has 0 fully saturated rings. The van der Waals surface area contributed by atoms with Crippen LogP contribution in [-0.4, -0.2) is 20.6 Å². The molecule has 3 aromatic rings. The van der Waals surface area contributed by atoms with Gasteiger partial charge in [0.1, 0.15) is 0 Å². The fourth-order valence-electron chi connectivity index (χ4n) is 2.52. The Balaban J connectivity index is 1.92. The van der Waals surface area contributed by atoms with Gasteiger partial charge in [0, 0.05) is 10.6 Å². The Morgan fingerprint density at radius 3 is 2.32 bits per heavy atom. The highest BCUT2D eigenvalue weighted by Crippen LogP contribution is 2.31. The van der Waals surface area contributed by atoms with E-state index < -0.39 is 15.9 Å². The maximum atomic E-state index is 11.5. The zero-order valence-electron chi connectivity index (χ0n) is 13.4. The zero-order valence-corrected chi connectivity index (χ0v) is 15.0. The number of nitrogens with two attached hydrogens (primary N) is 1. The molecule has 0 bridgehead atoms. The van der Waals surface area contributed by atoms with E-state index in [4.69, 9.17) is 5.73 Å². The third-order valence-electron chi connectivity index (χ3n) is 3.58. The van der Waals surface area contributed by atoms with Crippen LogP contribution < -0.4 is 10.5 Å². The number of carbonyl (C=O) groups is 1. The third kappa shape index (κ3) is 4.07. The van der Waals surface area contributed by atoms with Gasteiger partial charge in [-0.2, -0.15) is 0 Å². The molecule has 0 aliphatic carbocycles. The van der Waals surface area contributed by atoms with E-state index in [1.54, 1.807) is 24.3 Å². The Labute approximate surface area is 150 Å². The molecule has 1 amide bonds. The summed E-state index contributed by atoms with van der Waals surface area (Å²) in [4.78, 5) is 12.3. The predicted octanol–water partition coefficient (Wildman–Crippen LogP) is 3.55. The molecule has 3 N–H and O–H groups in total. The summed E-state index contributed by atoms with van der Waals surface area (Å²) in [7, 11) is -3.32. The summed E-state index contributed by atoms with van der Waals surface area (Å²) in [5, 5.41) is 1.84. The summed E-state index contributed by atoms with van der Waals surface area (Å²) >= 11 is 1.46. The summed E-state index contributed by atoms with van der Waals surface area (Å²) in [5.41, 5.74) is 9.17. The molecule has 2 aromatic carbocycles. The zero-order chi connectivity index (χ0) is 18.0. The largest absolute Gasteiger partial charge is 0.366 e. The number of rotatable bonds is 5. The number of nitrogens with one attached hydrogen (secondary N) is 1. The van der Waals surface area contributed by atoms with Crippen molar-refractivity contribution in [1.29, 1.82) is 0 Å². The number of hydrogen-bond acceptors (Lipinski definition) is 4. The van der Waals surface area contributed by atoms with E-state index in [-0.39, 0.29) is 0 Å². The van der Waals surface area contributed by atoms with Crippen LogP contribution in [0.1, 0.15) is 10.4 Å². The standard InChI is InChI=1S/C18H16N2O3S2/c1-25(22,23)20-15-4-2-3-14(11-15)12-5-7-13(8-6-12)17-16(18(19)21)9-10-24-17/h2-11,20H,1H3,(H2,19,21). The topological polar surface area (TPSA) is 89.3 Å². The van der Waals surface area contributed by atoms with E-state index in [1.165, 1.54) is 11.3 Å². The van der Waals surface area contributed by atoms with Crippen LogP contribution in [0.2, 0.25) is 0 Å². The minimum atomic E-state index is -3.32. The highest BCUT2D eigenvalue weighted by atomic mass is 32.2. The van der Waals surface area contributed by atoms with Crippen molar-refractivity contribution in [3.05, 3.63) is 65.5 Å². The number of thiophene rings is 1. The van der Waals surface area contributed by atoms with Crippen molar-refractivity contribution < 1.29 is 13.2 Å². The monoisotopic (exact) mass is 372 g/mol. The van der Waals surface area contributed by atoms with Crippen molar-refractivity contribution in [2.45, 2.75) is 0 Å². The van der Waals surface area contributed by atoms with Crippen LogP contribution >= 0.6 is 11.3 Å². The minimum absolute atomic E-state index is 0.445. The van der Waals surface area contributed by atoms with Gasteiger partial charge in [-0.1, -0.05) is 36.4 Å². The smallest absolute Gasteiger partial charge is 0.250 e. The average Bonchev–Trinajstić information content (AvgIpc) is 3.03. The minimum Gasteiger partial charge on any atom is -0.366 e. The van der Waals surface area contributed by atoms with Gasteiger partial charge in [-0.05, 0) is 40.3 Å². The van der Waals surface area contributed by atoms with Crippen LogP contribution in [0.25, 0.3) is 21.6 Å². The number of hydrogen-bond donors (Lipinski definition) is 2. The molecule has 3 rings (SSSR count). The Hall–Kier alpha value is -2.64. The van der Waals surface area contributed by atoms with Gasteiger partial charge >= 0.3 is 0 Å². The fourth-order valence-corrected chi connectivity index (χ4v) is 3.98. The lowest BCUT2D eigenvalue weighted by Gasteiger charge is -2.08. The van der Waals surface area contributed by atoms with Crippen molar-refractivity contribution in [3.63, 3.8) is 0 Å². The van der Waals surface area contributed by atoms with E-state index in [9.17, 15) is 13.2 Å². The highest BCUT2D eigenvalue weighted by molar-refractivity contribution is 7.92. The number of primary amides is 1. The third-order valence-corrected chi connectivity index (χ3v) is 5.15. The summed E-state index contributed by atoms with van der Waals surface area (Å²) in [6.07, 6.45) is 1.12. The number of carbonyl (C=O) groups excluding carboxylic acids is 1. The van der Waals surface area contributed by atoms with Gasteiger partial charge in [0.2, 0.25) is 15.9 Å². The van der Waals surface area contributed by atoms with Gasteiger partial charge < -0.3 is 5.73 Å². The summed E-state index contributed by atoms with van der Waals surface area (Å²) in [5.74, 6) is -0.445. The van der Waals surface area contributed by atoms with Gasteiger partial charge in [0.25, 0.3) is 0 Å². The molecule has 0 radical (unpaired) electrons. The second kappa shape index (κ2) is 6.70. The van der Waals surface area contributed by atoms with Gasteiger partial charge in [0.05, 0.1) is 11.8 Å². The van der Waals surface area contributed by atoms with E-state index in [2.05, 4.69) is 4.72 Å². The molecule has 7 heteroatoms. The summed E-state index contributed by atoms with van der Waals surface area (Å²) < 4.78 is 25.2. The van der Waals surface area contributed by atoms with E-state index >= 15 is 0 Å². The van der Waals surface area contributed by atoms with Crippen LogP contribution in [0.15, 0.2) is 60.0 Å². The highest BCUT2D eigenvalue weighted by Gasteiger charge is 2.11. The van der Waals surface area contributed by atoms with Gasteiger partial charge in [0.15, 0.2) is 0 Å². The molecule has 1 heterocycles. The molecule has 0 atom stereocenters. The Bertz CT molecular complexity index is 1020. The van der Waals surface area contributed by atoms with E-state index in [0.717, 1.165) is 27.8 Å². The van der Waals surface area contributed by atoms with Crippen molar-refractivity contribution in [1.82, 2.24) is 0 Å². The average molecular weight is 372 g/mol. The maximum absolute atomic E-state index is 11.5.